The zero-order valence-electron chi connectivity index (χ0n) is 16.1. The fourth-order valence-corrected chi connectivity index (χ4v) is 2.27. The molecule has 0 rings (SSSR count). The number of aliphatic imine (C=N–C) groups is 1. The molecule has 160 valence electrons. The normalized spacial score (nSPS) is 14.8. The Hall–Kier alpha value is -2.89. The molecule has 4 unspecified atom stereocenters. The summed E-state index contributed by atoms with van der Waals surface area (Å²) < 4.78 is 0. The summed E-state index contributed by atoms with van der Waals surface area (Å²) in [6.45, 7) is 3.69. The number of amides is 2. The molecule has 0 aromatic rings. The fourth-order valence-electron chi connectivity index (χ4n) is 2.27. The van der Waals surface area contributed by atoms with Gasteiger partial charge in [-0.2, -0.15) is 0 Å². The van der Waals surface area contributed by atoms with E-state index in [0.717, 1.165) is 0 Å². The highest BCUT2D eigenvalue weighted by Crippen LogP contribution is 2.10. The summed E-state index contributed by atoms with van der Waals surface area (Å²) in [5.41, 5.74) is 15.9. The molecule has 0 aliphatic heterocycles. The maximum Gasteiger partial charge on any atom is 0.326 e. The minimum Gasteiger partial charge on any atom is -0.481 e. The van der Waals surface area contributed by atoms with Gasteiger partial charge in [-0.25, -0.2) is 4.79 Å². The third-order valence-electron chi connectivity index (χ3n) is 4.08. The first-order valence-electron chi connectivity index (χ1n) is 8.85. The Kier molecular flexibility index (Phi) is 11.2. The molecule has 0 aliphatic rings. The zero-order chi connectivity index (χ0) is 21.9. The molecule has 0 heterocycles. The maximum absolute atomic E-state index is 12.6. The van der Waals surface area contributed by atoms with E-state index in [1.807, 2.05) is 0 Å². The lowest BCUT2D eigenvalue weighted by Crippen LogP contribution is -2.56. The number of guanidine groups is 1. The Morgan fingerprint density at radius 2 is 1.68 bits per heavy atom. The van der Waals surface area contributed by atoms with E-state index >= 15 is 0 Å². The lowest BCUT2D eigenvalue weighted by molar-refractivity contribution is -0.143. The highest BCUT2D eigenvalue weighted by atomic mass is 16.4. The Balaban J connectivity index is 5.06. The molecule has 0 aliphatic carbocycles. The van der Waals surface area contributed by atoms with Crippen molar-refractivity contribution < 1.29 is 29.4 Å². The van der Waals surface area contributed by atoms with Gasteiger partial charge in [0.2, 0.25) is 11.8 Å². The van der Waals surface area contributed by atoms with Crippen molar-refractivity contribution in [1.82, 2.24) is 10.6 Å². The molecule has 28 heavy (non-hydrogen) atoms. The van der Waals surface area contributed by atoms with Gasteiger partial charge in [0.05, 0.1) is 12.5 Å². The molecule has 10 N–H and O–H groups in total. The van der Waals surface area contributed by atoms with Crippen LogP contribution < -0.4 is 27.8 Å². The topological polar surface area (TPSA) is 223 Å². The van der Waals surface area contributed by atoms with Gasteiger partial charge in [0, 0.05) is 6.54 Å². The zero-order valence-corrected chi connectivity index (χ0v) is 16.1. The number of nitrogens with zero attached hydrogens (tertiary/aromatic N) is 1. The number of nitrogens with two attached hydrogens (primary N) is 3. The number of carboxylic acid groups (broad SMARTS) is 2. The molecule has 4 atom stereocenters. The second kappa shape index (κ2) is 12.5. The van der Waals surface area contributed by atoms with E-state index in [-0.39, 0.29) is 24.8 Å². The van der Waals surface area contributed by atoms with E-state index in [0.29, 0.717) is 12.8 Å². The fraction of sp³-hybridized carbons (Fsp3) is 0.688. The number of carbonyl (C=O) groups is 4. The number of hydrogen-bond donors (Lipinski definition) is 7. The van der Waals surface area contributed by atoms with Crippen LogP contribution in [0.15, 0.2) is 4.99 Å². The van der Waals surface area contributed by atoms with E-state index in [4.69, 9.17) is 22.3 Å². The van der Waals surface area contributed by atoms with Gasteiger partial charge in [0.1, 0.15) is 12.1 Å². The quantitative estimate of drug-likeness (QED) is 0.102. The molecule has 0 fully saturated rings. The van der Waals surface area contributed by atoms with Gasteiger partial charge in [-0.3, -0.25) is 19.4 Å². The Morgan fingerprint density at radius 3 is 2.14 bits per heavy atom. The van der Waals surface area contributed by atoms with Crippen LogP contribution in [-0.2, 0) is 19.2 Å². The lowest BCUT2D eigenvalue weighted by atomic mass is 9.97. The van der Waals surface area contributed by atoms with E-state index in [1.165, 1.54) is 0 Å². The average molecular weight is 402 g/mol. The van der Waals surface area contributed by atoms with E-state index in [1.54, 1.807) is 13.8 Å². The van der Waals surface area contributed by atoms with Crippen molar-refractivity contribution in [1.29, 1.82) is 0 Å². The summed E-state index contributed by atoms with van der Waals surface area (Å²) in [4.78, 5) is 50.5. The second-order valence-electron chi connectivity index (χ2n) is 6.42. The summed E-state index contributed by atoms with van der Waals surface area (Å²) >= 11 is 0. The van der Waals surface area contributed by atoms with Crippen LogP contribution in [0.25, 0.3) is 0 Å². The van der Waals surface area contributed by atoms with Crippen molar-refractivity contribution in [3.05, 3.63) is 0 Å². The molecule has 0 spiro atoms. The second-order valence-corrected chi connectivity index (χ2v) is 6.42. The Morgan fingerprint density at radius 1 is 1.07 bits per heavy atom. The van der Waals surface area contributed by atoms with Crippen LogP contribution in [0.4, 0.5) is 0 Å². The molecular weight excluding hydrogens is 372 g/mol. The molecule has 0 saturated carbocycles. The van der Waals surface area contributed by atoms with E-state index in [2.05, 4.69) is 15.6 Å². The number of carbonyl (C=O) groups excluding carboxylic acids is 2. The molecule has 12 nitrogen and oxygen atoms in total. The van der Waals surface area contributed by atoms with Crippen molar-refractivity contribution in [2.24, 2.45) is 28.1 Å². The molecule has 12 heteroatoms. The van der Waals surface area contributed by atoms with E-state index < -0.39 is 48.3 Å². The van der Waals surface area contributed by atoms with Gasteiger partial charge in [-0.15, -0.1) is 0 Å². The summed E-state index contributed by atoms with van der Waals surface area (Å²) in [5, 5.41) is 22.8. The molecule has 0 saturated heterocycles. The van der Waals surface area contributed by atoms with E-state index in [9.17, 15) is 24.3 Å². The number of rotatable bonds is 13. The summed E-state index contributed by atoms with van der Waals surface area (Å²) in [5.74, 6) is -4.44. The Bertz CT molecular complexity index is 592. The molecule has 0 bridgehead atoms. The number of aliphatic carboxylic acids is 2. The first kappa shape index (κ1) is 25.1. The largest absolute Gasteiger partial charge is 0.481 e. The number of carboxylic acids is 2. The van der Waals surface area contributed by atoms with Crippen LogP contribution in [0.1, 0.15) is 39.5 Å². The average Bonchev–Trinajstić information content (AvgIpc) is 2.59. The van der Waals surface area contributed by atoms with Crippen LogP contribution in [0.2, 0.25) is 0 Å². The first-order chi connectivity index (χ1) is 13.0. The molecular formula is C16H30N6O6. The monoisotopic (exact) mass is 402 g/mol. The predicted octanol–water partition coefficient (Wildman–Crippen LogP) is -2.06. The van der Waals surface area contributed by atoms with Gasteiger partial charge in [0.15, 0.2) is 5.96 Å². The molecule has 0 aromatic heterocycles. The smallest absolute Gasteiger partial charge is 0.326 e. The predicted molar refractivity (Wildman–Crippen MR) is 101 cm³/mol. The summed E-state index contributed by atoms with van der Waals surface area (Å²) in [7, 11) is 0. The van der Waals surface area contributed by atoms with Gasteiger partial charge in [-0.1, -0.05) is 20.3 Å². The minimum atomic E-state index is -1.33. The first-order valence-corrected chi connectivity index (χ1v) is 8.85. The van der Waals surface area contributed by atoms with Gasteiger partial charge < -0.3 is 38.0 Å². The van der Waals surface area contributed by atoms with Gasteiger partial charge in [-0.05, 0) is 18.8 Å². The van der Waals surface area contributed by atoms with Gasteiger partial charge in [0.25, 0.3) is 0 Å². The van der Waals surface area contributed by atoms with Crippen molar-refractivity contribution in [3.63, 3.8) is 0 Å². The Labute approximate surface area is 162 Å². The molecule has 0 radical (unpaired) electrons. The molecule has 2 amide bonds. The van der Waals surface area contributed by atoms with Crippen LogP contribution in [0.3, 0.4) is 0 Å². The third-order valence-corrected chi connectivity index (χ3v) is 4.08. The SMILES string of the molecule is CCC(C)C(NC(=O)C(N)CC(=O)O)C(=O)NC(CCCN=C(N)N)C(=O)O. The van der Waals surface area contributed by atoms with Crippen molar-refractivity contribution in [2.45, 2.75) is 57.7 Å². The summed E-state index contributed by atoms with van der Waals surface area (Å²) in [6.07, 6.45) is 0.314. The van der Waals surface area contributed by atoms with Crippen LogP contribution >= 0.6 is 0 Å². The summed E-state index contributed by atoms with van der Waals surface area (Å²) in [6, 6.07) is -3.58. The van der Waals surface area contributed by atoms with Crippen molar-refractivity contribution in [3.8, 4) is 0 Å². The maximum atomic E-state index is 12.6. The standard InChI is InChI=1S/C16H30N6O6/c1-3-8(2)12(22-13(25)9(17)7-11(23)24)14(26)21-10(15(27)28)5-4-6-20-16(18)19/h8-10,12H,3-7,17H2,1-2H3,(H,21,26)(H,22,25)(H,23,24)(H,27,28)(H4,18,19,20). The minimum absolute atomic E-state index is 0.0809. The number of nitrogens with one attached hydrogen (secondary N) is 2. The third kappa shape index (κ3) is 9.71. The van der Waals surface area contributed by atoms with Crippen molar-refractivity contribution in [2.75, 3.05) is 6.54 Å². The van der Waals surface area contributed by atoms with Crippen LogP contribution in [0.5, 0.6) is 0 Å². The van der Waals surface area contributed by atoms with Crippen LogP contribution in [-0.4, -0.2) is 64.6 Å². The highest BCUT2D eigenvalue weighted by molar-refractivity contribution is 5.93. The van der Waals surface area contributed by atoms with Gasteiger partial charge >= 0.3 is 11.9 Å². The lowest BCUT2D eigenvalue weighted by Gasteiger charge is -2.26. The van der Waals surface area contributed by atoms with Crippen LogP contribution in [0, 0.1) is 5.92 Å². The highest BCUT2D eigenvalue weighted by Gasteiger charge is 2.31. The van der Waals surface area contributed by atoms with Crippen molar-refractivity contribution >= 4 is 29.7 Å². The number of hydrogen-bond acceptors (Lipinski definition) is 6. The molecule has 0 aromatic carbocycles.